The van der Waals surface area contributed by atoms with Gasteiger partial charge in [-0.1, -0.05) is 6.07 Å². The number of hydrogen-bond acceptors (Lipinski definition) is 2. The number of nitrogen functional groups attached to an aromatic ring is 1. The van der Waals surface area contributed by atoms with Crippen molar-refractivity contribution < 1.29 is 0 Å². The molecule has 0 bridgehead atoms. The van der Waals surface area contributed by atoms with Gasteiger partial charge in [-0.25, -0.2) is 0 Å². The Kier molecular flexibility index (Phi) is 3.17. The summed E-state index contributed by atoms with van der Waals surface area (Å²) in [5, 5.41) is 0. The van der Waals surface area contributed by atoms with Crippen LogP contribution in [-0.2, 0) is 12.8 Å². The highest BCUT2D eigenvalue weighted by molar-refractivity contribution is 5.76. The van der Waals surface area contributed by atoms with Crippen molar-refractivity contribution in [2.45, 2.75) is 33.1 Å². The lowest BCUT2D eigenvalue weighted by Crippen LogP contribution is -2.12. The molecule has 0 atom stereocenters. The molecule has 0 radical (unpaired) electrons. The Morgan fingerprint density at radius 1 is 0.950 bits per heavy atom. The Hall–Kier alpha value is -1.96. The zero-order valence-electron chi connectivity index (χ0n) is 12.5. The summed E-state index contributed by atoms with van der Waals surface area (Å²) in [5.74, 6) is 0. The fraction of sp³-hybridized carbons (Fsp3) is 0.333. The van der Waals surface area contributed by atoms with Crippen molar-refractivity contribution in [2.75, 3.05) is 17.7 Å². The number of anilines is 3. The summed E-state index contributed by atoms with van der Waals surface area (Å²) in [6.07, 6.45) is 3.72. The largest absolute Gasteiger partial charge is 0.397 e. The van der Waals surface area contributed by atoms with Crippen molar-refractivity contribution in [1.82, 2.24) is 0 Å². The van der Waals surface area contributed by atoms with Crippen molar-refractivity contribution in [3.63, 3.8) is 0 Å². The molecular weight excluding hydrogens is 244 g/mol. The van der Waals surface area contributed by atoms with Crippen LogP contribution in [0.15, 0.2) is 30.3 Å². The Morgan fingerprint density at radius 2 is 1.65 bits per heavy atom. The lowest BCUT2D eigenvalue weighted by Gasteiger charge is -2.23. The Labute approximate surface area is 121 Å². The fourth-order valence-electron chi connectivity index (χ4n) is 3.02. The normalized spacial score (nSPS) is 13.3. The molecule has 2 aromatic carbocycles. The maximum atomic E-state index is 6.20. The molecule has 0 spiro atoms. The third kappa shape index (κ3) is 2.15. The van der Waals surface area contributed by atoms with Gasteiger partial charge in [-0.3, -0.25) is 0 Å². The zero-order chi connectivity index (χ0) is 14.3. The van der Waals surface area contributed by atoms with Crippen LogP contribution in [0.3, 0.4) is 0 Å². The molecule has 104 valence electrons. The van der Waals surface area contributed by atoms with Crippen LogP contribution in [0.4, 0.5) is 17.1 Å². The molecule has 0 saturated carbocycles. The van der Waals surface area contributed by atoms with Crippen LogP contribution in [0.5, 0.6) is 0 Å². The molecule has 3 rings (SSSR count). The van der Waals surface area contributed by atoms with Gasteiger partial charge >= 0.3 is 0 Å². The van der Waals surface area contributed by atoms with E-state index >= 15 is 0 Å². The Morgan fingerprint density at radius 3 is 2.45 bits per heavy atom. The van der Waals surface area contributed by atoms with Gasteiger partial charge in [0.05, 0.1) is 11.4 Å². The molecule has 2 N–H and O–H groups in total. The summed E-state index contributed by atoms with van der Waals surface area (Å²) in [7, 11) is 2.09. The number of nitrogens with zero attached hydrogens (tertiary/aromatic N) is 1. The maximum absolute atomic E-state index is 6.20. The van der Waals surface area contributed by atoms with E-state index in [1.54, 1.807) is 0 Å². The van der Waals surface area contributed by atoms with Gasteiger partial charge < -0.3 is 10.6 Å². The monoisotopic (exact) mass is 266 g/mol. The molecule has 0 saturated heterocycles. The number of benzene rings is 2. The third-order valence-electron chi connectivity index (χ3n) is 4.47. The van der Waals surface area contributed by atoms with E-state index in [9.17, 15) is 0 Å². The second-order valence-corrected chi connectivity index (χ2v) is 5.86. The molecule has 1 aliphatic carbocycles. The predicted octanol–water partition coefficient (Wildman–Crippen LogP) is 4.14. The predicted molar refractivity (Wildman–Crippen MR) is 86.9 cm³/mol. The standard InChI is InChI=1S/C18H22N2/c1-12-9-17(19)18(10-13(12)2)20(3)16-8-7-14-5-4-6-15(14)11-16/h7-11H,4-6,19H2,1-3H3. The van der Waals surface area contributed by atoms with Crippen molar-refractivity contribution >= 4 is 17.1 Å². The minimum Gasteiger partial charge on any atom is -0.397 e. The van der Waals surface area contributed by atoms with E-state index in [0.717, 1.165) is 11.4 Å². The van der Waals surface area contributed by atoms with Crippen molar-refractivity contribution in [1.29, 1.82) is 0 Å². The van der Waals surface area contributed by atoms with Crippen molar-refractivity contribution in [2.24, 2.45) is 0 Å². The second kappa shape index (κ2) is 4.86. The average molecular weight is 266 g/mol. The van der Waals surface area contributed by atoms with Gasteiger partial charge in [0.2, 0.25) is 0 Å². The quantitative estimate of drug-likeness (QED) is 0.828. The lowest BCUT2D eigenvalue weighted by atomic mass is 10.1. The lowest BCUT2D eigenvalue weighted by molar-refractivity contribution is 0.911. The first-order valence-corrected chi connectivity index (χ1v) is 7.28. The summed E-state index contributed by atoms with van der Waals surface area (Å²) in [5.41, 5.74) is 14.9. The van der Waals surface area contributed by atoms with E-state index in [0.29, 0.717) is 0 Å². The smallest absolute Gasteiger partial charge is 0.0644 e. The second-order valence-electron chi connectivity index (χ2n) is 5.86. The molecule has 0 aliphatic heterocycles. The number of hydrogen-bond donors (Lipinski definition) is 1. The highest BCUT2D eigenvalue weighted by Gasteiger charge is 2.14. The van der Waals surface area contributed by atoms with Gasteiger partial charge in [0.1, 0.15) is 0 Å². The Bertz CT molecular complexity index is 659. The SMILES string of the molecule is Cc1cc(N)c(N(C)c2ccc3c(c2)CCC3)cc1C. The molecule has 1 aliphatic rings. The van der Waals surface area contributed by atoms with E-state index in [-0.39, 0.29) is 0 Å². The van der Waals surface area contributed by atoms with Gasteiger partial charge in [-0.05, 0) is 79.6 Å². The molecule has 2 heteroatoms. The van der Waals surface area contributed by atoms with Gasteiger partial charge in [-0.2, -0.15) is 0 Å². The molecule has 0 amide bonds. The van der Waals surface area contributed by atoms with Gasteiger partial charge in [-0.15, -0.1) is 0 Å². The molecule has 0 unspecified atom stereocenters. The van der Waals surface area contributed by atoms with E-state index in [2.05, 4.69) is 56.1 Å². The summed E-state index contributed by atoms with van der Waals surface area (Å²) in [4.78, 5) is 2.19. The van der Waals surface area contributed by atoms with Crippen molar-refractivity contribution in [3.05, 3.63) is 52.6 Å². The Balaban J connectivity index is 2.00. The molecule has 2 aromatic rings. The average Bonchev–Trinajstić information content (AvgIpc) is 2.89. The molecule has 20 heavy (non-hydrogen) atoms. The van der Waals surface area contributed by atoms with Gasteiger partial charge in [0, 0.05) is 12.7 Å². The summed E-state index contributed by atoms with van der Waals surface area (Å²) in [6, 6.07) is 11.0. The highest BCUT2D eigenvalue weighted by Crippen LogP contribution is 2.33. The number of rotatable bonds is 2. The van der Waals surface area contributed by atoms with E-state index < -0.39 is 0 Å². The van der Waals surface area contributed by atoms with Crippen LogP contribution in [-0.4, -0.2) is 7.05 Å². The van der Waals surface area contributed by atoms with Crippen LogP contribution in [0, 0.1) is 13.8 Å². The molecule has 0 fully saturated rings. The fourth-order valence-corrected chi connectivity index (χ4v) is 3.02. The zero-order valence-corrected chi connectivity index (χ0v) is 12.5. The van der Waals surface area contributed by atoms with Crippen molar-refractivity contribution in [3.8, 4) is 0 Å². The number of nitrogens with two attached hydrogens (primary N) is 1. The minimum atomic E-state index is 0.844. The topological polar surface area (TPSA) is 29.3 Å². The van der Waals surface area contributed by atoms with E-state index in [1.807, 2.05) is 0 Å². The number of aryl methyl sites for hydroxylation is 4. The molecule has 0 heterocycles. The number of fused-ring (bicyclic) bond motifs is 1. The molecule has 2 nitrogen and oxygen atoms in total. The van der Waals surface area contributed by atoms with E-state index in [4.69, 9.17) is 5.73 Å². The minimum absolute atomic E-state index is 0.844. The first-order chi connectivity index (χ1) is 9.56. The highest BCUT2D eigenvalue weighted by atomic mass is 15.1. The first kappa shape index (κ1) is 13.0. The van der Waals surface area contributed by atoms with E-state index in [1.165, 1.54) is 47.2 Å². The van der Waals surface area contributed by atoms with Crippen LogP contribution >= 0.6 is 0 Å². The van der Waals surface area contributed by atoms with Crippen LogP contribution < -0.4 is 10.6 Å². The summed E-state index contributed by atoms with van der Waals surface area (Å²) < 4.78 is 0. The summed E-state index contributed by atoms with van der Waals surface area (Å²) >= 11 is 0. The van der Waals surface area contributed by atoms with Crippen LogP contribution in [0.2, 0.25) is 0 Å². The molecule has 0 aromatic heterocycles. The van der Waals surface area contributed by atoms with Crippen LogP contribution in [0.25, 0.3) is 0 Å². The third-order valence-corrected chi connectivity index (χ3v) is 4.47. The van der Waals surface area contributed by atoms with Gasteiger partial charge in [0.25, 0.3) is 0 Å². The molecular formula is C18H22N2. The maximum Gasteiger partial charge on any atom is 0.0644 e. The van der Waals surface area contributed by atoms with Gasteiger partial charge in [0.15, 0.2) is 0 Å². The van der Waals surface area contributed by atoms with Crippen LogP contribution in [0.1, 0.15) is 28.7 Å². The first-order valence-electron chi connectivity index (χ1n) is 7.28. The summed E-state index contributed by atoms with van der Waals surface area (Å²) in [6.45, 7) is 4.24.